The van der Waals surface area contributed by atoms with Crippen molar-refractivity contribution < 1.29 is 14.7 Å². The lowest BCUT2D eigenvalue weighted by atomic mass is 9.84. The van der Waals surface area contributed by atoms with E-state index in [1.807, 2.05) is 9.80 Å². The molecule has 2 unspecified atom stereocenters. The summed E-state index contributed by atoms with van der Waals surface area (Å²) in [6.07, 6.45) is 4.88. The first-order chi connectivity index (χ1) is 9.58. The van der Waals surface area contributed by atoms with Crippen LogP contribution in [0.5, 0.6) is 0 Å². The van der Waals surface area contributed by atoms with E-state index in [0.29, 0.717) is 13.1 Å². The maximum absolute atomic E-state index is 12.6. The molecule has 0 spiro atoms. The van der Waals surface area contributed by atoms with E-state index in [4.69, 9.17) is 10.8 Å². The molecule has 0 radical (unpaired) electrons. The average Bonchev–Trinajstić information content (AvgIpc) is 2.63. The van der Waals surface area contributed by atoms with Crippen molar-refractivity contribution in [2.75, 3.05) is 32.7 Å². The number of carbonyl (C=O) groups excluding carboxylic acids is 1. The number of nitrogens with two attached hydrogens (primary N) is 1. The molecule has 1 amide bonds. The quantitative estimate of drug-likeness (QED) is 0.768. The summed E-state index contributed by atoms with van der Waals surface area (Å²) in [5.74, 6) is -0.664. The van der Waals surface area contributed by atoms with E-state index in [9.17, 15) is 9.59 Å². The molecule has 114 valence electrons. The van der Waals surface area contributed by atoms with Gasteiger partial charge < -0.3 is 15.7 Å². The molecule has 2 aliphatic rings. The van der Waals surface area contributed by atoms with Crippen molar-refractivity contribution >= 4 is 11.9 Å². The van der Waals surface area contributed by atoms with Crippen molar-refractivity contribution in [3.63, 3.8) is 0 Å². The number of nitrogens with zero attached hydrogens (tertiary/aromatic N) is 2. The fourth-order valence-electron chi connectivity index (χ4n) is 3.24. The van der Waals surface area contributed by atoms with Gasteiger partial charge in [-0.2, -0.15) is 0 Å². The van der Waals surface area contributed by atoms with Crippen molar-refractivity contribution in [2.45, 2.75) is 38.1 Å². The number of carboxylic acid groups (broad SMARTS) is 1. The van der Waals surface area contributed by atoms with Crippen LogP contribution < -0.4 is 5.73 Å². The first-order valence-corrected chi connectivity index (χ1v) is 7.56. The van der Waals surface area contributed by atoms with Gasteiger partial charge in [-0.25, -0.2) is 0 Å². The molecule has 1 aliphatic heterocycles. The van der Waals surface area contributed by atoms with Crippen molar-refractivity contribution in [1.29, 1.82) is 0 Å². The first kappa shape index (κ1) is 15.3. The second-order valence-corrected chi connectivity index (χ2v) is 5.90. The summed E-state index contributed by atoms with van der Waals surface area (Å²) in [5.41, 5.74) is 6.08. The van der Waals surface area contributed by atoms with Gasteiger partial charge in [0.15, 0.2) is 0 Å². The topological polar surface area (TPSA) is 86.9 Å². The lowest BCUT2D eigenvalue weighted by Gasteiger charge is -2.32. The lowest BCUT2D eigenvalue weighted by molar-refractivity contribution is -0.138. The average molecular weight is 283 g/mol. The van der Waals surface area contributed by atoms with Crippen LogP contribution >= 0.6 is 0 Å². The third-order valence-electron chi connectivity index (χ3n) is 4.40. The van der Waals surface area contributed by atoms with Crippen molar-refractivity contribution in [3.8, 4) is 0 Å². The van der Waals surface area contributed by atoms with Gasteiger partial charge in [0.2, 0.25) is 5.91 Å². The van der Waals surface area contributed by atoms with Crippen LogP contribution in [0.15, 0.2) is 0 Å². The van der Waals surface area contributed by atoms with Crippen molar-refractivity contribution in [3.05, 3.63) is 0 Å². The molecule has 3 N–H and O–H groups in total. The molecule has 1 saturated heterocycles. The first-order valence-electron chi connectivity index (χ1n) is 7.56. The summed E-state index contributed by atoms with van der Waals surface area (Å²) in [4.78, 5) is 27.1. The zero-order valence-corrected chi connectivity index (χ0v) is 12.0. The molecular weight excluding hydrogens is 258 g/mol. The molecule has 2 fully saturated rings. The van der Waals surface area contributed by atoms with E-state index in [0.717, 1.165) is 45.2 Å². The number of hydrogen-bond donors (Lipinski definition) is 2. The van der Waals surface area contributed by atoms with E-state index < -0.39 is 5.97 Å². The predicted octanol–water partition coefficient (Wildman–Crippen LogP) is 0.123. The Balaban J connectivity index is 1.89. The number of carboxylic acids is 1. The van der Waals surface area contributed by atoms with Crippen LogP contribution in [0.25, 0.3) is 0 Å². The van der Waals surface area contributed by atoms with Crippen molar-refractivity contribution in [1.82, 2.24) is 9.80 Å². The highest BCUT2D eigenvalue weighted by Gasteiger charge is 2.32. The van der Waals surface area contributed by atoms with Gasteiger partial charge in [-0.15, -0.1) is 0 Å². The van der Waals surface area contributed by atoms with Gasteiger partial charge in [0.25, 0.3) is 0 Å². The fourth-order valence-corrected chi connectivity index (χ4v) is 3.24. The van der Waals surface area contributed by atoms with Crippen LogP contribution in [0.3, 0.4) is 0 Å². The molecule has 6 heteroatoms. The van der Waals surface area contributed by atoms with Gasteiger partial charge in [-0.1, -0.05) is 12.8 Å². The van der Waals surface area contributed by atoms with E-state index in [2.05, 4.69) is 0 Å². The molecule has 0 aromatic carbocycles. The Morgan fingerprint density at radius 3 is 2.50 bits per heavy atom. The van der Waals surface area contributed by atoms with Gasteiger partial charge >= 0.3 is 5.97 Å². The highest BCUT2D eigenvalue weighted by Crippen LogP contribution is 2.25. The van der Waals surface area contributed by atoms with E-state index in [-0.39, 0.29) is 24.4 Å². The second-order valence-electron chi connectivity index (χ2n) is 5.90. The van der Waals surface area contributed by atoms with E-state index in [1.54, 1.807) is 0 Å². The molecular formula is C14H25N3O3. The second kappa shape index (κ2) is 7.04. The normalized spacial score (nSPS) is 28.9. The predicted molar refractivity (Wildman–Crippen MR) is 75.2 cm³/mol. The Hall–Kier alpha value is -1.14. The molecule has 2 atom stereocenters. The maximum atomic E-state index is 12.6. The zero-order valence-electron chi connectivity index (χ0n) is 12.0. The largest absolute Gasteiger partial charge is 0.480 e. The Morgan fingerprint density at radius 1 is 1.05 bits per heavy atom. The van der Waals surface area contributed by atoms with Crippen LogP contribution in [0, 0.1) is 5.92 Å². The van der Waals surface area contributed by atoms with Crippen LogP contribution in [0.2, 0.25) is 0 Å². The highest BCUT2D eigenvalue weighted by atomic mass is 16.4. The molecule has 0 aromatic heterocycles. The molecule has 0 bridgehead atoms. The minimum atomic E-state index is -0.806. The molecule has 1 heterocycles. The number of carbonyl (C=O) groups is 2. The summed E-state index contributed by atoms with van der Waals surface area (Å²) in [6.45, 7) is 2.78. The third-order valence-corrected chi connectivity index (χ3v) is 4.40. The monoisotopic (exact) mass is 283 g/mol. The number of hydrogen-bond acceptors (Lipinski definition) is 4. The number of aliphatic carboxylic acids is 1. The minimum Gasteiger partial charge on any atom is -0.480 e. The summed E-state index contributed by atoms with van der Waals surface area (Å²) in [7, 11) is 0. The van der Waals surface area contributed by atoms with Gasteiger partial charge in [-0.3, -0.25) is 14.5 Å². The highest BCUT2D eigenvalue weighted by molar-refractivity contribution is 5.79. The Morgan fingerprint density at radius 2 is 1.80 bits per heavy atom. The Labute approximate surface area is 119 Å². The molecule has 2 rings (SSSR count). The van der Waals surface area contributed by atoms with Gasteiger partial charge in [-0.05, 0) is 19.3 Å². The fraction of sp³-hybridized carbons (Fsp3) is 0.857. The standard InChI is InChI=1S/C14H25N3O3/c15-12-5-2-1-4-11(12)14(20)17-7-3-6-16(8-9-17)10-13(18)19/h11-12H,1-10,15H2,(H,18,19). The third kappa shape index (κ3) is 3.93. The van der Waals surface area contributed by atoms with Crippen LogP contribution in [-0.2, 0) is 9.59 Å². The van der Waals surface area contributed by atoms with Crippen LogP contribution in [0.4, 0.5) is 0 Å². The minimum absolute atomic E-state index is 0.00498. The zero-order chi connectivity index (χ0) is 14.5. The van der Waals surface area contributed by atoms with Gasteiger partial charge in [0, 0.05) is 32.2 Å². The van der Waals surface area contributed by atoms with Crippen LogP contribution in [-0.4, -0.2) is 65.5 Å². The maximum Gasteiger partial charge on any atom is 0.317 e. The summed E-state index contributed by atoms with van der Waals surface area (Å²) < 4.78 is 0. The van der Waals surface area contributed by atoms with E-state index in [1.165, 1.54) is 0 Å². The lowest BCUT2D eigenvalue weighted by Crippen LogP contribution is -2.46. The molecule has 0 aromatic rings. The molecule has 1 aliphatic carbocycles. The van der Waals surface area contributed by atoms with Gasteiger partial charge in [0.1, 0.15) is 0 Å². The molecule has 1 saturated carbocycles. The van der Waals surface area contributed by atoms with Gasteiger partial charge in [0.05, 0.1) is 12.5 Å². The molecule has 20 heavy (non-hydrogen) atoms. The smallest absolute Gasteiger partial charge is 0.317 e. The van der Waals surface area contributed by atoms with Crippen molar-refractivity contribution in [2.24, 2.45) is 11.7 Å². The molecule has 6 nitrogen and oxygen atoms in total. The number of amides is 1. The summed E-state index contributed by atoms with van der Waals surface area (Å²) in [6, 6.07) is -0.00498. The number of rotatable bonds is 3. The van der Waals surface area contributed by atoms with Crippen LogP contribution in [0.1, 0.15) is 32.1 Å². The summed E-state index contributed by atoms with van der Waals surface area (Å²) >= 11 is 0. The SMILES string of the molecule is NC1CCCCC1C(=O)N1CCCN(CC(=O)O)CC1. The summed E-state index contributed by atoms with van der Waals surface area (Å²) in [5, 5.41) is 8.83. The van der Waals surface area contributed by atoms with E-state index >= 15 is 0 Å². The Bertz CT molecular complexity index is 362. The Kier molecular flexibility index (Phi) is 5.37.